The highest BCUT2D eigenvalue weighted by atomic mass is 16.6. The minimum atomic E-state index is -0.385. The zero-order valence-electron chi connectivity index (χ0n) is 14.2. The minimum absolute atomic E-state index is 0.152. The van der Waals surface area contributed by atoms with E-state index in [4.69, 9.17) is 4.74 Å². The first-order chi connectivity index (χ1) is 9.08. The van der Waals surface area contributed by atoms with Gasteiger partial charge in [-0.25, -0.2) is 0 Å². The molecule has 118 valence electrons. The number of rotatable bonds is 4. The first-order valence-corrected chi connectivity index (χ1v) is 8.00. The van der Waals surface area contributed by atoms with E-state index in [-0.39, 0.29) is 11.6 Å². The van der Waals surface area contributed by atoms with E-state index in [9.17, 15) is 4.79 Å². The first-order valence-electron chi connectivity index (χ1n) is 8.00. The van der Waals surface area contributed by atoms with Crippen molar-refractivity contribution in [1.82, 2.24) is 5.32 Å². The second-order valence-corrected chi connectivity index (χ2v) is 8.30. The van der Waals surface area contributed by atoms with E-state index < -0.39 is 0 Å². The standard InChI is InChI=1S/C17H33NO2/c1-16(2,3)14-9-7-13(8-10-14)11-18-12-15(19)20-17(4,5)6/h13-14,18H,7-12H2,1-6H3. The second-order valence-electron chi connectivity index (χ2n) is 8.30. The lowest BCUT2D eigenvalue weighted by Crippen LogP contribution is -2.35. The van der Waals surface area contributed by atoms with Crippen molar-refractivity contribution in [1.29, 1.82) is 0 Å². The summed E-state index contributed by atoms with van der Waals surface area (Å²) in [4.78, 5) is 11.6. The van der Waals surface area contributed by atoms with Crippen molar-refractivity contribution in [2.75, 3.05) is 13.1 Å². The number of hydrogen-bond acceptors (Lipinski definition) is 3. The van der Waals surface area contributed by atoms with Crippen LogP contribution in [0, 0.1) is 17.3 Å². The van der Waals surface area contributed by atoms with Crippen LogP contribution in [0.25, 0.3) is 0 Å². The Bertz CT molecular complexity index is 304. The first kappa shape index (κ1) is 17.5. The van der Waals surface area contributed by atoms with Crippen LogP contribution in [0.4, 0.5) is 0 Å². The summed E-state index contributed by atoms with van der Waals surface area (Å²) in [6.07, 6.45) is 5.21. The molecule has 1 aliphatic rings. The summed E-state index contributed by atoms with van der Waals surface area (Å²) in [5.41, 5.74) is 0.0540. The lowest BCUT2D eigenvalue weighted by Gasteiger charge is -2.37. The van der Waals surface area contributed by atoms with E-state index in [0.29, 0.717) is 12.0 Å². The van der Waals surface area contributed by atoms with Crippen LogP contribution in [0.2, 0.25) is 0 Å². The molecule has 0 saturated heterocycles. The van der Waals surface area contributed by atoms with Gasteiger partial charge in [-0.1, -0.05) is 20.8 Å². The average molecular weight is 283 g/mol. The molecule has 1 saturated carbocycles. The molecule has 1 N–H and O–H groups in total. The monoisotopic (exact) mass is 283 g/mol. The fourth-order valence-electron chi connectivity index (χ4n) is 2.99. The van der Waals surface area contributed by atoms with Gasteiger partial charge in [-0.15, -0.1) is 0 Å². The number of hydrogen-bond donors (Lipinski definition) is 1. The highest BCUT2D eigenvalue weighted by molar-refractivity contribution is 5.72. The molecule has 0 aromatic carbocycles. The maximum absolute atomic E-state index is 11.6. The van der Waals surface area contributed by atoms with E-state index in [0.717, 1.165) is 18.4 Å². The third kappa shape index (κ3) is 6.74. The number of carbonyl (C=O) groups is 1. The highest BCUT2D eigenvalue weighted by Gasteiger charge is 2.29. The van der Waals surface area contributed by atoms with Gasteiger partial charge in [0.25, 0.3) is 0 Å². The maximum Gasteiger partial charge on any atom is 0.320 e. The van der Waals surface area contributed by atoms with Crippen LogP contribution < -0.4 is 5.32 Å². The Kier molecular flexibility index (Phi) is 6.06. The molecule has 3 nitrogen and oxygen atoms in total. The smallest absolute Gasteiger partial charge is 0.320 e. The topological polar surface area (TPSA) is 38.3 Å². The quantitative estimate of drug-likeness (QED) is 0.798. The van der Waals surface area contributed by atoms with Crippen molar-refractivity contribution >= 4 is 5.97 Å². The van der Waals surface area contributed by atoms with Crippen LogP contribution in [-0.2, 0) is 9.53 Å². The summed E-state index contributed by atoms with van der Waals surface area (Å²) >= 11 is 0. The van der Waals surface area contributed by atoms with Gasteiger partial charge in [-0.2, -0.15) is 0 Å². The van der Waals surface area contributed by atoms with Crippen molar-refractivity contribution in [2.24, 2.45) is 17.3 Å². The summed E-state index contributed by atoms with van der Waals surface area (Å²) in [7, 11) is 0. The van der Waals surface area contributed by atoms with E-state index >= 15 is 0 Å². The Balaban J connectivity index is 2.18. The predicted octanol–water partition coefficient (Wildman–Crippen LogP) is 3.77. The Morgan fingerprint density at radius 1 is 1.05 bits per heavy atom. The fraction of sp³-hybridized carbons (Fsp3) is 0.941. The molecular formula is C17H33NO2. The second kappa shape index (κ2) is 6.93. The van der Waals surface area contributed by atoms with Gasteiger partial charge in [-0.3, -0.25) is 4.79 Å². The molecule has 0 aromatic heterocycles. The van der Waals surface area contributed by atoms with Crippen LogP contribution in [0.15, 0.2) is 0 Å². The van der Waals surface area contributed by atoms with Gasteiger partial charge in [0, 0.05) is 0 Å². The Morgan fingerprint density at radius 3 is 2.05 bits per heavy atom. The van der Waals surface area contributed by atoms with Crippen LogP contribution in [0.3, 0.4) is 0 Å². The number of ether oxygens (including phenoxy) is 1. The molecule has 0 aliphatic heterocycles. The molecule has 1 fully saturated rings. The van der Waals surface area contributed by atoms with Gasteiger partial charge in [-0.05, 0) is 70.3 Å². The summed E-state index contributed by atoms with van der Waals surface area (Å²) in [6, 6.07) is 0. The maximum atomic E-state index is 11.6. The molecule has 1 aliphatic carbocycles. The Hall–Kier alpha value is -0.570. The zero-order chi connectivity index (χ0) is 15.4. The van der Waals surface area contributed by atoms with Crippen molar-refractivity contribution in [3.8, 4) is 0 Å². The van der Waals surface area contributed by atoms with E-state index in [2.05, 4.69) is 26.1 Å². The van der Waals surface area contributed by atoms with Gasteiger partial charge in [0.15, 0.2) is 0 Å². The summed E-state index contributed by atoms with van der Waals surface area (Å²) < 4.78 is 5.29. The van der Waals surface area contributed by atoms with Crippen LogP contribution in [0.5, 0.6) is 0 Å². The normalized spacial score (nSPS) is 24.5. The van der Waals surface area contributed by atoms with Gasteiger partial charge in [0.1, 0.15) is 5.60 Å². The molecule has 0 amide bonds. The van der Waals surface area contributed by atoms with Crippen molar-refractivity contribution < 1.29 is 9.53 Å². The summed E-state index contributed by atoms with van der Waals surface area (Å²) in [5.74, 6) is 1.42. The largest absolute Gasteiger partial charge is 0.459 e. The molecule has 3 heteroatoms. The molecule has 0 radical (unpaired) electrons. The molecule has 0 atom stereocenters. The Labute approximate surface area is 124 Å². The molecule has 0 heterocycles. The van der Waals surface area contributed by atoms with Crippen LogP contribution in [0.1, 0.15) is 67.2 Å². The third-order valence-corrected chi connectivity index (χ3v) is 4.19. The predicted molar refractivity (Wildman–Crippen MR) is 83.6 cm³/mol. The van der Waals surface area contributed by atoms with Gasteiger partial charge in [0.05, 0.1) is 6.54 Å². The zero-order valence-corrected chi connectivity index (χ0v) is 14.2. The van der Waals surface area contributed by atoms with Gasteiger partial charge < -0.3 is 10.1 Å². The lowest BCUT2D eigenvalue weighted by molar-refractivity contribution is -0.153. The van der Waals surface area contributed by atoms with Crippen LogP contribution in [-0.4, -0.2) is 24.7 Å². The number of esters is 1. The SMILES string of the molecule is CC(C)(C)OC(=O)CNCC1CCC(C(C)(C)C)CC1. The molecule has 20 heavy (non-hydrogen) atoms. The van der Waals surface area contributed by atoms with E-state index in [1.807, 2.05) is 20.8 Å². The lowest BCUT2D eigenvalue weighted by atomic mass is 9.70. The van der Waals surface area contributed by atoms with Gasteiger partial charge >= 0.3 is 5.97 Å². The third-order valence-electron chi connectivity index (χ3n) is 4.19. The van der Waals surface area contributed by atoms with E-state index in [1.165, 1.54) is 25.7 Å². The molecule has 0 spiro atoms. The molecule has 1 rings (SSSR count). The molecule has 0 unspecified atom stereocenters. The Morgan fingerprint density at radius 2 is 1.60 bits per heavy atom. The van der Waals surface area contributed by atoms with E-state index in [1.54, 1.807) is 0 Å². The average Bonchev–Trinajstić information content (AvgIpc) is 2.26. The van der Waals surface area contributed by atoms with Crippen molar-refractivity contribution in [2.45, 2.75) is 72.8 Å². The highest BCUT2D eigenvalue weighted by Crippen LogP contribution is 2.39. The minimum Gasteiger partial charge on any atom is -0.459 e. The molecular weight excluding hydrogens is 250 g/mol. The van der Waals surface area contributed by atoms with Gasteiger partial charge in [0.2, 0.25) is 0 Å². The fourth-order valence-corrected chi connectivity index (χ4v) is 2.99. The van der Waals surface area contributed by atoms with Crippen LogP contribution >= 0.6 is 0 Å². The summed E-state index contributed by atoms with van der Waals surface area (Å²) in [5, 5.41) is 3.26. The van der Waals surface area contributed by atoms with Crippen molar-refractivity contribution in [3.05, 3.63) is 0 Å². The molecule has 0 aromatic rings. The number of nitrogens with one attached hydrogen (secondary N) is 1. The summed E-state index contributed by atoms with van der Waals surface area (Å²) in [6.45, 7) is 14.0. The van der Waals surface area contributed by atoms with Crippen molar-refractivity contribution in [3.63, 3.8) is 0 Å². The molecule has 0 bridgehead atoms. The number of carbonyl (C=O) groups excluding carboxylic acids is 1.